The van der Waals surface area contributed by atoms with Gasteiger partial charge in [-0.3, -0.25) is 15.0 Å². The van der Waals surface area contributed by atoms with Gasteiger partial charge in [-0.2, -0.15) is 0 Å². The van der Waals surface area contributed by atoms with Gasteiger partial charge in [-0.1, -0.05) is 30.3 Å². The monoisotopic (exact) mass is 491 g/mol. The molecule has 8 nitrogen and oxygen atoms in total. The van der Waals surface area contributed by atoms with Gasteiger partial charge in [0.2, 0.25) is 5.55 Å². The first-order valence-electron chi connectivity index (χ1n) is 11.1. The van der Waals surface area contributed by atoms with Crippen molar-refractivity contribution in [2.45, 2.75) is 20.8 Å². The lowest BCUT2D eigenvalue weighted by atomic mass is 10.0. The van der Waals surface area contributed by atoms with Gasteiger partial charge in [-0.25, -0.2) is 4.79 Å². The summed E-state index contributed by atoms with van der Waals surface area (Å²) in [4.78, 5) is 40.8. The van der Waals surface area contributed by atoms with Crippen LogP contribution >= 0.6 is 11.3 Å². The molecule has 0 spiro atoms. The van der Waals surface area contributed by atoms with Gasteiger partial charge < -0.3 is 19.4 Å². The molecule has 35 heavy (non-hydrogen) atoms. The smallest absolute Gasteiger partial charge is 0.341 e. The maximum atomic E-state index is 13.3. The molecular weight excluding hydrogens is 466 g/mol. The van der Waals surface area contributed by atoms with E-state index in [0.717, 1.165) is 22.1 Å². The van der Waals surface area contributed by atoms with Crippen LogP contribution in [0.5, 0.6) is 0 Å². The quantitative estimate of drug-likeness (QED) is 0.293. The second-order valence-electron chi connectivity index (χ2n) is 7.87. The third-order valence-corrected chi connectivity index (χ3v) is 7.12. The maximum absolute atomic E-state index is 13.3. The van der Waals surface area contributed by atoms with Crippen LogP contribution in [0.25, 0.3) is 21.7 Å². The number of hydrogen-bond donors (Lipinski definition) is 2. The van der Waals surface area contributed by atoms with Crippen LogP contribution in [-0.4, -0.2) is 42.9 Å². The van der Waals surface area contributed by atoms with Gasteiger partial charge in [-0.15, -0.1) is 11.3 Å². The van der Waals surface area contributed by atoms with E-state index in [1.165, 1.54) is 7.11 Å². The molecule has 0 saturated carbocycles. The Labute approximate surface area is 205 Å². The van der Waals surface area contributed by atoms with Crippen LogP contribution in [-0.2, 0) is 4.74 Å². The van der Waals surface area contributed by atoms with Crippen molar-refractivity contribution in [3.05, 3.63) is 69.6 Å². The van der Waals surface area contributed by atoms with Crippen molar-refractivity contribution < 1.29 is 23.5 Å². The molecule has 0 fully saturated rings. The standard InChI is InChI=1S/C26H25N3O5S/c1-5-29(6-2)25(31)21-14(3)20(26(32)33-4)24(35-21)28-23(30)18-13-17-16-10-8-7-9-15(16)11-12-19(17)34-22(18)27/h7-13,27H,5-6H2,1-4H3,(H,28,30). The lowest BCUT2D eigenvalue weighted by Gasteiger charge is -2.17. The largest absolute Gasteiger partial charge is 0.465 e. The molecule has 9 heteroatoms. The molecule has 0 radical (unpaired) electrons. The highest BCUT2D eigenvalue weighted by Crippen LogP contribution is 2.35. The van der Waals surface area contributed by atoms with Gasteiger partial charge in [0, 0.05) is 18.5 Å². The fourth-order valence-corrected chi connectivity index (χ4v) is 5.19. The number of hydrogen-bond acceptors (Lipinski definition) is 7. The van der Waals surface area contributed by atoms with Crippen LogP contribution in [0.2, 0.25) is 0 Å². The Kier molecular flexibility index (Phi) is 6.70. The van der Waals surface area contributed by atoms with Gasteiger partial charge in [0.15, 0.2) is 0 Å². The minimum Gasteiger partial charge on any atom is -0.465 e. The van der Waals surface area contributed by atoms with E-state index in [1.807, 2.05) is 44.2 Å². The summed E-state index contributed by atoms with van der Waals surface area (Å²) in [5.74, 6) is -1.51. The Hall–Kier alpha value is -3.98. The summed E-state index contributed by atoms with van der Waals surface area (Å²) in [6.45, 7) is 6.42. The molecule has 0 aliphatic heterocycles. The number of benzene rings is 2. The third-order valence-electron chi connectivity index (χ3n) is 5.93. The Morgan fingerprint density at radius 1 is 1.09 bits per heavy atom. The number of ether oxygens (including phenoxy) is 1. The number of rotatable bonds is 6. The van der Waals surface area contributed by atoms with E-state index in [0.29, 0.717) is 34.5 Å². The molecule has 0 aliphatic rings. The highest BCUT2D eigenvalue weighted by atomic mass is 32.1. The van der Waals surface area contributed by atoms with E-state index in [1.54, 1.807) is 24.0 Å². The average Bonchev–Trinajstić information content (AvgIpc) is 3.18. The van der Waals surface area contributed by atoms with Crippen molar-refractivity contribution in [2.75, 3.05) is 25.5 Å². The Morgan fingerprint density at radius 2 is 1.80 bits per heavy atom. The number of methoxy groups -OCH3 is 1. The number of carbonyl (C=O) groups excluding carboxylic acids is 3. The summed E-state index contributed by atoms with van der Waals surface area (Å²) in [6, 6.07) is 12.9. The SMILES string of the molecule is CCN(CC)C(=O)c1sc(NC(=O)c2cc3c(ccc4ccccc43)oc2=N)c(C(=O)OC)c1C. The van der Waals surface area contributed by atoms with Crippen molar-refractivity contribution in [1.29, 1.82) is 5.41 Å². The normalized spacial score (nSPS) is 11.0. The van der Waals surface area contributed by atoms with Crippen LogP contribution in [0, 0.1) is 12.3 Å². The van der Waals surface area contributed by atoms with Crippen molar-refractivity contribution in [2.24, 2.45) is 0 Å². The minimum atomic E-state index is -0.659. The van der Waals surface area contributed by atoms with E-state index >= 15 is 0 Å². The molecule has 0 saturated heterocycles. The fourth-order valence-electron chi connectivity index (χ4n) is 4.04. The van der Waals surface area contributed by atoms with Crippen LogP contribution in [0.3, 0.4) is 0 Å². The predicted octanol–water partition coefficient (Wildman–Crippen LogP) is 4.96. The number of nitrogens with one attached hydrogen (secondary N) is 2. The molecule has 2 aromatic heterocycles. The number of carbonyl (C=O) groups is 3. The first-order chi connectivity index (χ1) is 16.8. The molecule has 0 bridgehead atoms. The fraction of sp³-hybridized carbons (Fsp3) is 0.231. The molecule has 4 rings (SSSR count). The first-order valence-corrected chi connectivity index (χ1v) is 11.9. The number of thiophene rings is 1. The third kappa shape index (κ3) is 4.30. The summed E-state index contributed by atoms with van der Waals surface area (Å²) in [6.07, 6.45) is 0. The number of anilines is 1. The highest BCUT2D eigenvalue weighted by Gasteiger charge is 2.28. The zero-order valence-corrected chi connectivity index (χ0v) is 20.7. The summed E-state index contributed by atoms with van der Waals surface area (Å²) in [7, 11) is 1.24. The van der Waals surface area contributed by atoms with Crippen molar-refractivity contribution in [1.82, 2.24) is 4.90 Å². The summed E-state index contributed by atoms with van der Waals surface area (Å²) >= 11 is 1.02. The minimum absolute atomic E-state index is 0.00680. The van der Waals surface area contributed by atoms with Gasteiger partial charge in [0.25, 0.3) is 11.8 Å². The van der Waals surface area contributed by atoms with Gasteiger partial charge in [0.05, 0.1) is 17.6 Å². The topological polar surface area (TPSA) is 113 Å². The lowest BCUT2D eigenvalue weighted by Crippen LogP contribution is -2.30. The first kappa shape index (κ1) is 24.2. The van der Waals surface area contributed by atoms with Gasteiger partial charge in [0.1, 0.15) is 16.1 Å². The lowest BCUT2D eigenvalue weighted by molar-refractivity contribution is 0.0601. The Morgan fingerprint density at radius 3 is 2.49 bits per heavy atom. The summed E-state index contributed by atoms with van der Waals surface area (Å²) in [5.41, 5.74) is 0.745. The zero-order valence-electron chi connectivity index (χ0n) is 19.9. The predicted molar refractivity (Wildman–Crippen MR) is 135 cm³/mol. The average molecular weight is 492 g/mol. The zero-order chi connectivity index (χ0) is 25.3. The van der Waals surface area contributed by atoms with Crippen molar-refractivity contribution >= 4 is 55.9 Å². The second kappa shape index (κ2) is 9.71. The molecular formula is C26H25N3O5S. The molecule has 2 heterocycles. The van der Waals surface area contributed by atoms with Crippen molar-refractivity contribution in [3.63, 3.8) is 0 Å². The number of fused-ring (bicyclic) bond motifs is 3. The molecule has 180 valence electrons. The Bertz CT molecular complexity index is 1530. The number of esters is 1. The number of nitrogens with zero attached hydrogens (tertiary/aromatic N) is 1. The summed E-state index contributed by atoms with van der Waals surface area (Å²) in [5, 5.41) is 13.7. The van der Waals surface area contributed by atoms with Crippen molar-refractivity contribution in [3.8, 4) is 0 Å². The van der Waals surface area contributed by atoms with Crippen LogP contribution in [0.4, 0.5) is 5.00 Å². The second-order valence-corrected chi connectivity index (χ2v) is 8.89. The van der Waals surface area contributed by atoms with Crippen LogP contribution in [0.15, 0.2) is 46.9 Å². The molecule has 2 N–H and O–H groups in total. The van der Waals surface area contributed by atoms with Crippen LogP contribution in [0.1, 0.15) is 49.8 Å². The van der Waals surface area contributed by atoms with E-state index in [9.17, 15) is 14.4 Å². The summed E-state index contributed by atoms with van der Waals surface area (Å²) < 4.78 is 10.6. The van der Waals surface area contributed by atoms with E-state index in [2.05, 4.69) is 5.32 Å². The Balaban J connectivity index is 1.79. The van der Waals surface area contributed by atoms with E-state index in [4.69, 9.17) is 14.6 Å². The molecule has 0 atom stereocenters. The van der Waals surface area contributed by atoms with Gasteiger partial charge in [-0.05, 0) is 49.2 Å². The highest BCUT2D eigenvalue weighted by molar-refractivity contribution is 7.18. The van der Waals surface area contributed by atoms with Gasteiger partial charge >= 0.3 is 5.97 Å². The maximum Gasteiger partial charge on any atom is 0.341 e. The molecule has 0 unspecified atom stereocenters. The molecule has 0 aliphatic carbocycles. The molecule has 2 aromatic carbocycles. The molecule has 2 amide bonds. The van der Waals surface area contributed by atoms with E-state index in [-0.39, 0.29) is 27.6 Å². The number of amides is 2. The van der Waals surface area contributed by atoms with E-state index < -0.39 is 11.9 Å². The van der Waals surface area contributed by atoms with Crippen LogP contribution < -0.4 is 10.9 Å². The molecule has 4 aromatic rings.